The number of nitrogens with one attached hydrogen (secondary N) is 2. The Morgan fingerprint density at radius 1 is 0.889 bits per heavy atom. The minimum atomic E-state index is -0.469. The highest BCUT2D eigenvalue weighted by atomic mass is 16.5. The minimum Gasteiger partial charge on any atom is -0.465 e. The molecule has 27 heavy (non-hydrogen) atoms. The van der Waals surface area contributed by atoms with Gasteiger partial charge in [-0.25, -0.2) is 4.79 Å². The summed E-state index contributed by atoms with van der Waals surface area (Å²) >= 11 is 0. The monoisotopic (exact) mass is 366 g/mol. The predicted octanol–water partition coefficient (Wildman–Crippen LogP) is 3.40. The first kappa shape index (κ1) is 18.6. The van der Waals surface area contributed by atoms with Crippen molar-refractivity contribution in [3.63, 3.8) is 0 Å². The molecule has 0 atom stereocenters. The first-order chi connectivity index (χ1) is 13.1. The van der Waals surface area contributed by atoms with E-state index in [1.165, 1.54) is 7.11 Å². The molecule has 2 aromatic carbocycles. The van der Waals surface area contributed by atoms with Crippen molar-refractivity contribution in [2.24, 2.45) is 0 Å². The predicted molar refractivity (Wildman–Crippen MR) is 102 cm³/mol. The summed E-state index contributed by atoms with van der Waals surface area (Å²) < 4.78 is 4.67. The van der Waals surface area contributed by atoms with Gasteiger partial charge in [-0.3, -0.25) is 9.59 Å². The van der Waals surface area contributed by atoms with E-state index in [2.05, 4.69) is 15.4 Å². The van der Waals surface area contributed by atoms with Gasteiger partial charge in [0.1, 0.15) is 0 Å². The van der Waals surface area contributed by atoms with Crippen molar-refractivity contribution in [1.82, 2.24) is 5.32 Å². The van der Waals surface area contributed by atoms with Crippen molar-refractivity contribution in [2.75, 3.05) is 12.4 Å². The number of carbonyl (C=O) groups is 3. The molecule has 0 aromatic heterocycles. The SMILES string of the molecule is COC(=O)c1cccc(NC(=O)c2ccc(C(=O)NC3CCCC3)cc2)c1. The topological polar surface area (TPSA) is 84.5 Å². The van der Waals surface area contributed by atoms with Gasteiger partial charge in [0, 0.05) is 22.9 Å². The van der Waals surface area contributed by atoms with Crippen LogP contribution in [-0.4, -0.2) is 30.9 Å². The number of anilines is 1. The molecule has 1 fully saturated rings. The zero-order chi connectivity index (χ0) is 19.2. The number of methoxy groups -OCH3 is 1. The maximum Gasteiger partial charge on any atom is 0.337 e. The molecule has 0 spiro atoms. The molecule has 1 saturated carbocycles. The van der Waals surface area contributed by atoms with Crippen LogP contribution in [0.25, 0.3) is 0 Å². The number of rotatable bonds is 5. The fourth-order valence-electron chi connectivity index (χ4n) is 3.16. The molecule has 2 aromatic rings. The fourth-order valence-corrected chi connectivity index (χ4v) is 3.16. The molecule has 140 valence electrons. The summed E-state index contributed by atoms with van der Waals surface area (Å²) in [5, 5.41) is 5.76. The van der Waals surface area contributed by atoms with E-state index in [1.807, 2.05) is 0 Å². The lowest BCUT2D eigenvalue weighted by molar-refractivity contribution is 0.0600. The van der Waals surface area contributed by atoms with Gasteiger partial charge < -0.3 is 15.4 Å². The zero-order valence-electron chi connectivity index (χ0n) is 15.2. The van der Waals surface area contributed by atoms with Gasteiger partial charge in [-0.05, 0) is 55.3 Å². The lowest BCUT2D eigenvalue weighted by atomic mass is 10.1. The second-order valence-electron chi connectivity index (χ2n) is 6.56. The van der Waals surface area contributed by atoms with Crippen LogP contribution in [0.4, 0.5) is 5.69 Å². The lowest BCUT2D eigenvalue weighted by Gasteiger charge is -2.12. The van der Waals surface area contributed by atoms with Gasteiger partial charge in [-0.15, -0.1) is 0 Å². The van der Waals surface area contributed by atoms with Gasteiger partial charge in [0.15, 0.2) is 0 Å². The van der Waals surface area contributed by atoms with Crippen LogP contribution >= 0.6 is 0 Å². The van der Waals surface area contributed by atoms with Crippen molar-refractivity contribution < 1.29 is 19.1 Å². The highest BCUT2D eigenvalue weighted by molar-refractivity contribution is 6.05. The molecule has 0 aliphatic heterocycles. The molecule has 0 saturated heterocycles. The molecule has 0 heterocycles. The van der Waals surface area contributed by atoms with E-state index < -0.39 is 5.97 Å². The molecule has 0 bridgehead atoms. The van der Waals surface area contributed by atoms with Crippen LogP contribution in [0.1, 0.15) is 56.8 Å². The average Bonchev–Trinajstić information content (AvgIpc) is 3.20. The lowest BCUT2D eigenvalue weighted by Crippen LogP contribution is -2.32. The third-order valence-corrected chi connectivity index (χ3v) is 4.64. The molecule has 0 radical (unpaired) electrons. The Hall–Kier alpha value is -3.15. The van der Waals surface area contributed by atoms with E-state index in [0.717, 1.165) is 25.7 Å². The maximum atomic E-state index is 12.4. The van der Waals surface area contributed by atoms with E-state index in [4.69, 9.17) is 0 Å². The van der Waals surface area contributed by atoms with Gasteiger partial charge in [0.2, 0.25) is 0 Å². The van der Waals surface area contributed by atoms with Crippen LogP contribution in [0, 0.1) is 0 Å². The van der Waals surface area contributed by atoms with Crippen LogP contribution in [0.3, 0.4) is 0 Å². The van der Waals surface area contributed by atoms with Crippen molar-refractivity contribution in [1.29, 1.82) is 0 Å². The molecule has 2 amide bonds. The number of hydrogen-bond acceptors (Lipinski definition) is 4. The molecule has 3 rings (SSSR count). The standard InChI is InChI=1S/C21H22N2O4/c1-27-21(26)16-5-4-8-18(13-16)23-20(25)15-11-9-14(10-12-15)19(24)22-17-6-2-3-7-17/h4-5,8-13,17H,2-3,6-7H2,1H3,(H,22,24)(H,23,25). The third kappa shape index (κ3) is 4.73. The summed E-state index contributed by atoms with van der Waals surface area (Å²) in [5.41, 5.74) is 1.81. The normalized spacial score (nSPS) is 13.8. The fraction of sp³-hybridized carbons (Fsp3) is 0.286. The van der Waals surface area contributed by atoms with Crippen molar-refractivity contribution in [2.45, 2.75) is 31.7 Å². The summed E-state index contributed by atoms with van der Waals surface area (Å²) in [6, 6.07) is 13.3. The molecule has 6 heteroatoms. The van der Waals surface area contributed by atoms with Gasteiger partial charge in [0.25, 0.3) is 11.8 Å². The number of benzene rings is 2. The number of esters is 1. The van der Waals surface area contributed by atoms with Crippen molar-refractivity contribution in [3.8, 4) is 0 Å². The minimum absolute atomic E-state index is 0.111. The van der Waals surface area contributed by atoms with E-state index in [-0.39, 0.29) is 17.9 Å². The van der Waals surface area contributed by atoms with Crippen LogP contribution < -0.4 is 10.6 Å². The van der Waals surface area contributed by atoms with E-state index >= 15 is 0 Å². The summed E-state index contributed by atoms with van der Waals surface area (Å²) in [4.78, 5) is 36.2. The largest absolute Gasteiger partial charge is 0.465 e. The molecular weight excluding hydrogens is 344 g/mol. The molecule has 1 aliphatic rings. The smallest absolute Gasteiger partial charge is 0.337 e. The van der Waals surface area contributed by atoms with Gasteiger partial charge in [-0.2, -0.15) is 0 Å². The second-order valence-corrected chi connectivity index (χ2v) is 6.56. The number of carbonyl (C=O) groups excluding carboxylic acids is 3. The highest BCUT2D eigenvalue weighted by Crippen LogP contribution is 2.18. The Bertz CT molecular complexity index is 840. The van der Waals surface area contributed by atoms with Crippen molar-refractivity contribution in [3.05, 3.63) is 65.2 Å². The summed E-state index contributed by atoms with van der Waals surface area (Å²) in [5.74, 6) is -0.900. The van der Waals surface area contributed by atoms with Gasteiger partial charge >= 0.3 is 5.97 Å². The Morgan fingerprint density at radius 2 is 1.52 bits per heavy atom. The molecule has 6 nitrogen and oxygen atoms in total. The molecule has 2 N–H and O–H groups in total. The Labute approximate surface area is 157 Å². The Kier molecular flexibility index (Phi) is 5.86. The van der Waals surface area contributed by atoms with Crippen LogP contribution in [0.5, 0.6) is 0 Å². The van der Waals surface area contributed by atoms with E-state index in [1.54, 1.807) is 48.5 Å². The van der Waals surface area contributed by atoms with E-state index in [9.17, 15) is 14.4 Å². The van der Waals surface area contributed by atoms with Gasteiger partial charge in [-0.1, -0.05) is 18.9 Å². The highest BCUT2D eigenvalue weighted by Gasteiger charge is 2.18. The number of hydrogen-bond donors (Lipinski definition) is 2. The Balaban J connectivity index is 1.63. The van der Waals surface area contributed by atoms with Crippen LogP contribution in [0.2, 0.25) is 0 Å². The molecule has 1 aliphatic carbocycles. The molecular formula is C21H22N2O4. The summed E-state index contributed by atoms with van der Waals surface area (Å²) in [6.07, 6.45) is 4.36. The maximum absolute atomic E-state index is 12.4. The first-order valence-electron chi connectivity index (χ1n) is 8.97. The van der Waals surface area contributed by atoms with Crippen LogP contribution in [0.15, 0.2) is 48.5 Å². The van der Waals surface area contributed by atoms with E-state index in [0.29, 0.717) is 22.4 Å². The number of ether oxygens (including phenoxy) is 1. The summed E-state index contributed by atoms with van der Waals surface area (Å²) in [6.45, 7) is 0. The average molecular weight is 366 g/mol. The summed E-state index contributed by atoms with van der Waals surface area (Å²) in [7, 11) is 1.30. The van der Waals surface area contributed by atoms with Crippen LogP contribution in [-0.2, 0) is 4.74 Å². The Morgan fingerprint density at radius 3 is 2.15 bits per heavy atom. The molecule has 0 unspecified atom stereocenters. The number of amides is 2. The zero-order valence-corrected chi connectivity index (χ0v) is 15.2. The quantitative estimate of drug-likeness (QED) is 0.795. The second kappa shape index (κ2) is 8.49. The first-order valence-corrected chi connectivity index (χ1v) is 8.97. The van der Waals surface area contributed by atoms with Crippen molar-refractivity contribution >= 4 is 23.5 Å². The third-order valence-electron chi connectivity index (χ3n) is 4.64. The van der Waals surface area contributed by atoms with Gasteiger partial charge in [0.05, 0.1) is 12.7 Å².